The summed E-state index contributed by atoms with van der Waals surface area (Å²) in [5.74, 6) is 1.84. The van der Waals surface area contributed by atoms with Crippen molar-refractivity contribution in [2.75, 3.05) is 6.54 Å². The highest BCUT2D eigenvalue weighted by atomic mass is 32.1. The van der Waals surface area contributed by atoms with Crippen LogP contribution in [-0.4, -0.2) is 16.7 Å². The minimum absolute atomic E-state index is 0.140. The van der Waals surface area contributed by atoms with Gasteiger partial charge in [0.15, 0.2) is 0 Å². The highest BCUT2D eigenvalue weighted by Crippen LogP contribution is 2.26. The number of nitrogens with zero attached hydrogens (tertiary/aromatic N) is 2. The average Bonchev–Trinajstić information content (AvgIpc) is 2.86. The topological polar surface area (TPSA) is 64.9 Å². The molecule has 0 saturated carbocycles. The second-order valence-corrected chi connectivity index (χ2v) is 4.97. The van der Waals surface area contributed by atoms with Crippen molar-refractivity contribution in [3.05, 3.63) is 23.4 Å². The van der Waals surface area contributed by atoms with Gasteiger partial charge in [-0.2, -0.15) is 4.98 Å². The predicted octanol–water partition coefficient (Wildman–Crippen LogP) is 2.50. The molecule has 0 aliphatic carbocycles. The van der Waals surface area contributed by atoms with Crippen molar-refractivity contribution in [1.82, 2.24) is 10.1 Å². The Morgan fingerprint density at radius 1 is 1.50 bits per heavy atom. The Morgan fingerprint density at radius 3 is 2.88 bits per heavy atom. The first-order valence-corrected chi connectivity index (χ1v) is 6.18. The van der Waals surface area contributed by atoms with Crippen LogP contribution in [0, 0.1) is 5.92 Å². The molecule has 1 atom stereocenters. The fourth-order valence-corrected chi connectivity index (χ4v) is 2.20. The van der Waals surface area contributed by atoms with Crippen LogP contribution < -0.4 is 5.73 Å². The lowest BCUT2D eigenvalue weighted by Gasteiger charge is -2.13. The van der Waals surface area contributed by atoms with E-state index in [9.17, 15) is 0 Å². The molecule has 0 aliphatic rings. The summed E-state index contributed by atoms with van der Waals surface area (Å²) in [6.45, 7) is 4.74. The van der Waals surface area contributed by atoms with Crippen LogP contribution >= 0.6 is 11.3 Å². The summed E-state index contributed by atoms with van der Waals surface area (Å²) in [6, 6.07) is 3.95. The van der Waals surface area contributed by atoms with E-state index in [0.29, 0.717) is 24.2 Å². The maximum atomic E-state index is 5.71. The molecule has 0 aliphatic heterocycles. The maximum Gasteiger partial charge on any atom is 0.231 e. The summed E-state index contributed by atoms with van der Waals surface area (Å²) in [5.41, 5.74) is 5.71. The molecule has 5 heteroatoms. The van der Waals surface area contributed by atoms with Crippen LogP contribution in [0.25, 0.3) is 10.7 Å². The second kappa shape index (κ2) is 4.76. The molecule has 2 N–H and O–H groups in total. The van der Waals surface area contributed by atoms with Gasteiger partial charge < -0.3 is 10.3 Å². The SMILES string of the molecule is CC(C)C(CN)c1nc(-c2cccs2)no1. The van der Waals surface area contributed by atoms with Crippen LogP contribution in [0.5, 0.6) is 0 Å². The Hall–Kier alpha value is -1.20. The maximum absolute atomic E-state index is 5.71. The van der Waals surface area contributed by atoms with E-state index in [1.165, 1.54) is 0 Å². The van der Waals surface area contributed by atoms with E-state index in [-0.39, 0.29) is 5.92 Å². The van der Waals surface area contributed by atoms with E-state index in [2.05, 4.69) is 24.0 Å². The summed E-state index contributed by atoms with van der Waals surface area (Å²) in [4.78, 5) is 5.42. The minimum atomic E-state index is 0.140. The molecule has 4 nitrogen and oxygen atoms in total. The monoisotopic (exact) mass is 237 g/mol. The number of rotatable bonds is 4. The molecule has 2 aromatic heterocycles. The van der Waals surface area contributed by atoms with Gasteiger partial charge in [0.05, 0.1) is 10.8 Å². The molecule has 0 saturated heterocycles. The van der Waals surface area contributed by atoms with Crippen LogP contribution in [0.4, 0.5) is 0 Å². The molecule has 16 heavy (non-hydrogen) atoms. The molecular formula is C11H15N3OS. The zero-order valence-corrected chi connectivity index (χ0v) is 10.2. The summed E-state index contributed by atoms with van der Waals surface area (Å²) < 4.78 is 5.27. The zero-order chi connectivity index (χ0) is 11.5. The van der Waals surface area contributed by atoms with Crippen LogP contribution in [0.3, 0.4) is 0 Å². The third-order valence-corrected chi connectivity index (χ3v) is 3.42. The van der Waals surface area contributed by atoms with Gasteiger partial charge in [-0.15, -0.1) is 11.3 Å². The number of hydrogen-bond donors (Lipinski definition) is 1. The zero-order valence-electron chi connectivity index (χ0n) is 9.38. The van der Waals surface area contributed by atoms with Crippen LogP contribution in [0.1, 0.15) is 25.7 Å². The van der Waals surface area contributed by atoms with E-state index in [4.69, 9.17) is 10.3 Å². The lowest BCUT2D eigenvalue weighted by Crippen LogP contribution is -2.18. The molecule has 2 rings (SSSR count). The summed E-state index contributed by atoms with van der Waals surface area (Å²) in [6.07, 6.45) is 0. The van der Waals surface area contributed by atoms with E-state index in [1.54, 1.807) is 11.3 Å². The lowest BCUT2D eigenvalue weighted by molar-refractivity contribution is 0.324. The van der Waals surface area contributed by atoms with Crippen molar-refractivity contribution < 1.29 is 4.52 Å². The molecule has 0 bridgehead atoms. The molecule has 86 valence electrons. The van der Waals surface area contributed by atoms with E-state index >= 15 is 0 Å². The summed E-state index contributed by atoms with van der Waals surface area (Å²) in [7, 11) is 0. The van der Waals surface area contributed by atoms with Crippen molar-refractivity contribution in [2.24, 2.45) is 11.7 Å². The molecule has 2 aromatic rings. The number of hydrogen-bond acceptors (Lipinski definition) is 5. The van der Waals surface area contributed by atoms with Gasteiger partial charge in [-0.25, -0.2) is 0 Å². The van der Waals surface area contributed by atoms with Crippen molar-refractivity contribution in [3.63, 3.8) is 0 Å². The van der Waals surface area contributed by atoms with Crippen molar-refractivity contribution in [3.8, 4) is 10.7 Å². The van der Waals surface area contributed by atoms with Gasteiger partial charge >= 0.3 is 0 Å². The first kappa shape index (κ1) is 11.3. The fraction of sp³-hybridized carbons (Fsp3) is 0.455. The van der Waals surface area contributed by atoms with Crippen molar-refractivity contribution in [1.29, 1.82) is 0 Å². The summed E-state index contributed by atoms with van der Waals surface area (Å²) in [5, 5.41) is 5.97. The Morgan fingerprint density at radius 2 is 2.31 bits per heavy atom. The standard InChI is InChI=1S/C11H15N3OS/c1-7(2)8(6-12)11-13-10(14-15-11)9-4-3-5-16-9/h3-5,7-8H,6,12H2,1-2H3. The van der Waals surface area contributed by atoms with Gasteiger partial charge in [0, 0.05) is 6.54 Å². The van der Waals surface area contributed by atoms with Gasteiger partial charge in [-0.05, 0) is 17.4 Å². The number of nitrogens with two attached hydrogens (primary N) is 1. The van der Waals surface area contributed by atoms with Gasteiger partial charge in [0.1, 0.15) is 0 Å². The molecule has 0 amide bonds. The first-order chi connectivity index (χ1) is 7.72. The molecule has 0 aromatic carbocycles. The Kier molecular flexibility index (Phi) is 3.36. The Balaban J connectivity index is 2.25. The quantitative estimate of drug-likeness (QED) is 0.887. The molecule has 1 unspecified atom stereocenters. The highest BCUT2D eigenvalue weighted by Gasteiger charge is 2.21. The Labute approximate surface area is 98.5 Å². The molecule has 2 heterocycles. The smallest absolute Gasteiger partial charge is 0.231 e. The fourth-order valence-electron chi connectivity index (χ4n) is 1.55. The molecule has 0 fully saturated rings. The van der Waals surface area contributed by atoms with Crippen LogP contribution in [0.15, 0.2) is 22.0 Å². The van der Waals surface area contributed by atoms with E-state index in [0.717, 1.165) is 4.88 Å². The van der Waals surface area contributed by atoms with Crippen LogP contribution in [-0.2, 0) is 0 Å². The number of aromatic nitrogens is 2. The normalized spacial score (nSPS) is 13.2. The predicted molar refractivity (Wildman–Crippen MR) is 64.2 cm³/mol. The minimum Gasteiger partial charge on any atom is -0.339 e. The molecule has 0 spiro atoms. The summed E-state index contributed by atoms with van der Waals surface area (Å²) >= 11 is 1.60. The van der Waals surface area contributed by atoms with Gasteiger partial charge in [-0.1, -0.05) is 25.1 Å². The van der Waals surface area contributed by atoms with Gasteiger partial charge in [0.2, 0.25) is 11.7 Å². The highest BCUT2D eigenvalue weighted by molar-refractivity contribution is 7.13. The van der Waals surface area contributed by atoms with Crippen LogP contribution in [0.2, 0.25) is 0 Å². The van der Waals surface area contributed by atoms with E-state index < -0.39 is 0 Å². The third-order valence-electron chi connectivity index (χ3n) is 2.56. The molecular weight excluding hydrogens is 222 g/mol. The largest absolute Gasteiger partial charge is 0.339 e. The van der Waals surface area contributed by atoms with Crippen molar-refractivity contribution >= 4 is 11.3 Å². The average molecular weight is 237 g/mol. The van der Waals surface area contributed by atoms with Crippen molar-refractivity contribution in [2.45, 2.75) is 19.8 Å². The van der Waals surface area contributed by atoms with Gasteiger partial charge in [0.25, 0.3) is 0 Å². The number of thiophene rings is 1. The third kappa shape index (κ3) is 2.15. The lowest BCUT2D eigenvalue weighted by atomic mass is 9.96. The van der Waals surface area contributed by atoms with Gasteiger partial charge in [-0.3, -0.25) is 0 Å². The van der Waals surface area contributed by atoms with E-state index in [1.807, 2.05) is 17.5 Å². The second-order valence-electron chi connectivity index (χ2n) is 4.02. The molecule has 0 radical (unpaired) electrons. The first-order valence-electron chi connectivity index (χ1n) is 5.30. The Bertz CT molecular complexity index is 436.